The van der Waals surface area contributed by atoms with Crippen LogP contribution in [0.2, 0.25) is 0 Å². The minimum Gasteiger partial charge on any atom is -0.324 e. The van der Waals surface area contributed by atoms with Crippen molar-refractivity contribution in [1.82, 2.24) is 9.88 Å². The van der Waals surface area contributed by atoms with Gasteiger partial charge in [0.2, 0.25) is 0 Å². The van der Waals surface area contributed by atoms with E-state index in [1.165, 1.54) is 10.7 Å². The van der Waals surface area contributed by atoms with Gasteiger partial charge in [0.1, 0.15) is 0 Å². The molecule has 2 amide bonds. The zero-order valence-corrected chi connectivity index (χ0v) is 17.0. The molecule has 1 N–H and O–H groups in total. The molecule has 0 spiro atoms. The Kier molecular flexibility index (Phi) is 5.66. The van der Waals surface area contributed by atoms with Gasteiger partial charge < -0.3 is 10.2 Å². The maximum atomic E-state index is 12.4. The predicted octanol–water partition coefficient (Wildman–Crippen LogP) is 5.49. The largest absolute Gasteiger partial charge is 0.324 e. The smallest absolute Gasteiger partial charge is 0.321 e. The highest BCUT2D eigenvalue weighted by molar-refractivity contribution is 7.09. The summed E-state index contributed by atoms with van der Waals surface area (Å²) in [5.74, 6) is 1.03. The van der Waals surface area contributed by atoms with Crippen LogP contribution in [0.1, 0.15) is 57.2 Å². The van der Waals surface area contributed by atoms with E-state index in [2.05, 4.69) is 38.4 Å². The lowest BCUT2D eigenvalue weighted by Crippen LogP contribution is -2.40. The van der Waals surface area contributed by atoms with Gasteiger partial charge in [0, 0.05) is 35.5 Å². The summed E-state index contributed by atoms with van der Waals surface area (Å²) in [6.45, 7) is 10.6. The van der Waals surface area contributed by atoms with Crippen LogP contribution in [-0.2, 0) is 5.41 Å². The number of carbonyl (C=O) groups is 1. The molecule has 1 aliphatic rings. The molecule has 1 aromatic carbocycles. The number of amides is 2. The Hall–Kier alpha value is -1.88. The molecule has 0 radical (unpaired) electrons. The van der Waals surface area contributed by atoms with Gasteiger partial charge in [-0.2, -0.15) is 0 Å². The van der Waals surface area contributed by atoms with Crippen molar-refractivity contribution in [2.24, 2.45) is 5.92 Å². The van der Waals surface area contributed by atoms with Gasteiger partial charge in [0.15, 0.2) is 0 Å². The van der Waals surface area contributed by atoms with E-state index in [0.29, 0.717) is 11.8 Å². The molecular formula is C21H29N3OS. The van der Waals surface area contributed by atoms with Crippen molar-refractivity contribution in [2.45, 2.75) is 51.9 Å². The van der Waals surface area contributed by atoms with Crippen LogP contribution >= 0.6 is 11.3 Å². The second-order valence-electron chi connectivity index (χ2n) is 8.00. The van der Waals surface area contributed by atoms with Crippen LogP contribution in [0.4, 0.5) is 10.5 Å². The van der Waals surface area contributed by atoms with Gasteiger partial charge in [-0.15, -0.1) is 11.3 Å². The standard InChI is InChI=1S/C21H29N3OS/c1-15(2)21(3,4)18-14-26-19(23-18)16-10-12-24(13-11-16)20(25)22-17-8-6-5-7-9-17/h5-9,14-16H,10-13H2,1-4H3,(H,22,25). The van der Waals surface area contributed by atoms with Crippen LogP contribution in [0.25, 0.3) is 0 Å². The topological polar surface area (TPSA) is 45.2 Å². The molecule has 4 nitrogen and oxygen atoms in total. The number of anilines is 1. The highest BCUT2D eigenvalue weighted by Crippen LogP contribution is 2.36. The van der Waals surface area contributed by atoms with Gasteiger partial charge in [0.25, 0.3) is 0 Å². The number of carbonyl (C=O) groups excluding carboxylic acids is 1. The van der Waals surface area contributed by atoms with Gasteiger partial charge in [-0.05, 0) is 30.9 Å². The first kappa shape index (κ1) is 18.9. The average molecular weight is 372 g/mol. The zero-order valence-electron chi connectivity index (χ0n) is 16.2. The van der Waals surface area contributed by atoms with E-state index in [-0.39, 0.29) is 11.4 Å². The van der Waals surface area contributed by atoms with E-state index in [0.717, 1.165) is 31.6 Å². The highest BCUT2D eigenvalue weighted by atomic mass is 32.1. The zero-order chi connectivity index (χ0) is 18.7. The minimum atomic E-state index is -0.00424. The van der Waals surface area contributed by atoms with E-state index >= 15 is 0 Å². The molecule has 1 aromatic heterocycles. The Morgan fingerprint density at radius 2 is 1.88 bits per heavy atom. The summed E-state index contributed by atoms with van der Waals surface area (Å²) < 4.78 is 0. The third-order valence-corrected chi connectivity index (χ3v) is 6.79. The van der Waals surface area contributed by atoms with Crippen LogP contribution in [0.15, 0.2) is 35.7 Å². The van der Waals surface area contributed by atoms with E-state index in [9.17, 15) is 4.79 Å². The lowest BCUT2D eigenvalue weighted by atomic mass is 9.79. The monoisotopic (exact) mass is 371 g/mol. The molecule has 140 valence electrons. The van der Waals surface area contributed by atoms with Crippen molar-refractivity contribution in [1.29, 1.82) is 0 Å². The van der Waals surface area contributed by atoms with Gasteiger partial charge in [-0.3, -0.25) is 0 Å². The lowest BCUT2D eigenvalue weighted by molar-refractivity contribution is 0.194. The van der Waals surface area contributed by atoms with E-state index < -0.39 is 0 Å². The Balaban J connectivity index is 1.57. The number of benzene rings is 1. The molecular weight excluding hydrogens is 342 g/mol. The number of thiazole rings is 1. The van der Waals surface area contributed by atoms with Crippen molar-refractivity contribution in [3.63, 3.8) is 0 Å². The summed E-state index contributed by atoms with van der Waals surface area (Å²) >= 11 is 1.78. The molecule has 1 saturated heterocycles. The Morgan fingerprint density at radius 1 is 1.23 bits per heavy atom. The summed E-state index contributed by atoms with van der Waals surface area (Å²) in [7, 11) is 0. The molecule has 2 aromatic rings. The number of nitrogens with zero attached hydrogens (tertiary/aromatic N) is 2. The van der Waals surface area contributed by atoms with Crippen molar-refractivity contribution in [3.8, 4) is 0 Å². The molecule has 5 heteroatoms. The second kappa shape index (κ2) is 7.78. The van der Waals surface area contributed by atoms with E-state index in [4.69, 9.17) is 4.98 Å². The molecule has 2 heterocycles. The molecule has 0 saturated carbocycles. The summed E-state index contributed by atoms with van der Waals surface area (Å²) in [6, 6.07) is 9.64. The molecule has 3 rings (SSSR count). The third-order valence-electron chi connectivity index (χ3n) is 5.78. The van der Waals surface area contributed by atoms with E-state index in [1.54, 1.807) is 11.3 Å². The number of piperidine rings is 1. The molecule has 0 unspecified atom stereocenters. The number of rotatable bonds is 4. The van der Waals surface area contributed by atoms with Crippen molar-refractivity contribution in [2.75, 3.05) is 18.4 Å². The number of likely N-dealkylation sites (tertiary alicyclic amines) is 1. The van der Waals surface area contributed by atoms with Crippen molar-refractivity contribution in [3.05, 3.63) is 46.4 Å². The number of aromatic nitrogens is 1. The maximum Gasteiger partial charge on any atom is 0.321 e. The lowest BCUT2D eigenvalue weighted by Gasteiger charge is -2.31. The Morgan fingerprint density at radius 3 is 2.50 bits per heavy atom. The quantitative estimate of drug-likeness (QED) is 0.772. The normalized spacial score (nSPS) is 16.1. The van der Waals surface area contributed by atoms with Crippen LogP contribution < -0.4 is 5.32 Å². The fraction of sp³-hybridized carbons (Fsp3) is 0.524. The summed E-state index contributed by atoms with van der Waals surface area (Å²) in [5, 5.41) is 6.44. The van der Waals surface area contributed by atoms with Gasteiger partial charge in [-0.1, -0.05) is 45.9 Å². The number of hydrogen-bond acceptors (Lipinski definition) is 3. The van der Waals surface area contributed by atoms with Gasteiger partial charge in [0.05, 0.1) is 10.7 Å². The molecule has 1 aliphatic heterocycles. The molecule has 0 atom stereocenters. The fourth-order valence-electron chi connectivity index (χ4n) is 3.12. The number of nitrogens with one attached hydrogen (secondary N) is 1. The van der Waals surface area contributed by atoms with Crippen molar-refractivity contribution >= 4 is 23.1 Å². The fourth-order valence-corrected chi connectivity index (χ4v) is 4.29. The number of hydrogen-bond donors (Lipinski definition) is 1. The van der Waals surface area contributed by atoms with Gasteiger partial charge >= 0.3 is 6.03 Å². The molecule has 0 bridgehead atoms. The molecule has 1 fully saturated rings. The maximum absolute atomic E-state index is 12.4. The molecule has 0 aliphatic carbocycles. The first-order chi connectivity index (χ1) is 12.4. The van der Waals surface area contributed by atoms with Crippen LogP contribution in [0.5, 0.6) is 0 Å². The second-order valence-corrected chi connectivity index (χ2v) is 8.89. The summed E-state index contributed by atoms with van der Waals surface area (Å²) in [4.78, 5) is 19.3. The first-order valence-electron chi connectivity index (χ1n) is 9.45. The number of urea groups is 1. The van der Waals surface area contributed by atoms with Gasteiger partial charge in [-0.25, -0.2) is 9.78 Å². The average Bonchev–Trinajstić information content (AvgIpc) is 3.13. The number of para-hydroxylation sites is 1. The van der Waals surface area contributed by atoms with Crippen LogP contribution in [-0.4, -0.2) is 29.0 Å². The summed E-state index contributed by atoms with van der Waals surface area (Å²) in [5.41, 5.74) is 2.15. The van der Waals surface area contributed by atoms with Crippen molar-refractivity contribution < 1.29 is 4.79 Å². The highest BCUT2D eigenvalue weighted by Gasteiger charge is 2.30. The minimum absolute atomic E-state index is 0.00424. The summed E-state index contributed by atoms with van der Waals surface area (Å²) in [6.07, 6.45) is 1.97. The van der Waals surface area contributed by atoms with Crippen LogP contribution in [0.3, 0.4) is 0 Å². The molecule has 26 heavy (non-hydrogen) atoms. The van der Waals surface area contributed by atoms with Crippen LogP contribution in [0, 0.1) is 5.92 Å². The van der Waals surface area contributed by atoms with E-state index in [1.807, 2.05) is 35.2 Å². The SMILES string of the molecule is CC(C)C(C)(C)c1csc(C2CCN(C(=O)Nc3ccccc3)CC2)n1. The Bertz CT molecular complexity index is 731. The first-order valence-corrected chi connectivity index (χ1v) is 10.3. The third kappa shape index (κ3) is 4.09. The Labute approximate surface area is 160 Å². The predicted molar refractivity (Wildman–Crippen MR) is 109 cm³/mol.